The van der Waals surface area contributed by atoms with E-state index in [1.807, 2.05) is 31.2 Å². The predicted octanol–water partition coefficient (Wildman–Crippen LogP) is 3.11. The van der Waals surface area contributed by atoms with E-state index in [2.05, 4.69) is 5.32 Å². The SMILES string of the molecule is Cc1cccc(NC(C)(C(=O)O)c2cccc(O)c2)c1. The number of aliphatic carboxylic acids is 1. The number of anilines is 1. The van der Waals surface area contributed by atoms with Gasteiger partial charge in [-0.25, -0.2) is 4.79 Å². The van der Waals surface area contributed by atoms with Crippen LogP contribution in [0.3, 0.4) is 0 Å². The Morgan fingerprint density at radius 1 is 1.15 bits per heavy atom. The van der Waals surface area contributed by atoms with Crippen LogP contribution in [-0.2, 0) is 10.3 Å². The first kappa shape index (κ1) is 13.9. The van der Waals surface area contributed by atoms with Crippen molar-refractivity contribution in [2.75, 3.05) is 5.32 Å². The summed E-state index contributed by atoms with van der Waals surface area (Å²) in [4.78, 5) is 11.7. The standard InChI is InChI=1S/C16H17NO3/c1-11-5-3-7-13(9-11)17-16(2,15(19)20)12-6-4-8-14(18)10-12/h3-10,17-18H,1-2H3,(H,19,20). The van der Waals surface area contributed by atoms with Gasteiger partial charge in [-0.05, 0) is 49.2 Å². The van der Waals surface area contributed by atoms with Crippen LogP contribution in [0.15, 0.2) is 48.5 Å². The van der Waals surface area contributed by atoms with Gasteiger partial charge >= 0.3 is 5.97 Å². The number of aryl methyl sites for hydroxylation is 1. The number of carbonyl (C=O) groups is 1. The third-order valence-corrected chi connectivity index (χ3v) is 3.26. The molecular weight excluding hydrogens is 254 g/mol. The van der Waals surface area contributed by atoms with Gasteiger partial charge < -0.3 is 15.5 Å². The zero-order valence-electron chi connectivity index (χ0n) is 11.4. The molecule has 4 nitrogen and oxygen atoms in total. The number of carboxylic acids is 1. The van der Waals surface area contributed by atoms with E-state index in [-0.39, 0.29) is 5.75 Å². The second-order valence-corrected chi connectivity index (χ2v) is 4.97. The summed E-state index contributed by atoms with van der Waals surface area (Å²) in [6.45, 7) is 3.52. The fourth-order valence-electron chi connectivity index (χ4n) is 2.08. The lowest BCUT2D eigenvalue weighted by Crippen LogP contribution is -2.40. The zero-order valence-corrected chi connectivity index (χ0v) is 11.4. The average molecular weight is 271 g/mol. The topological polar surface area (TPSA) is 69.6 Å². The van der Waals surface area contributed by atoms with E-state index in [1.165, 1.54) is 12.1 Å². The van der Waals surface area contributed by atoms with E-state index >= 15 is 0 Å². The molecule has 3 N–H and O–H groups in total. The van der Waals surface area contributed by atoms with Crippen LogP contribution < -0.4 is 5.32 Å². The number of rotatable bonds is 4. The van der Waals surface area contributed by atoms with Crippen LogP contribution in [-0.4, -0.2) is 16.2 Å². The van der Waals surface area contributed by atoms with Crippen molar-refractivity contribution < 1.29 is 15.0 Å². The van der Waals surface area contributed by atoms with Crippen molar-refractivity contribution >= 4 is 11.7 Å². The van der Waals surface area contributed by atoms with E-state index in [9.17, 15) is 15.0 Å². The Kier molecular flexibility index (Phi) is 3.66. The number of phenols is 1. The number of phenolic OH excluding ortho intramolecular Hbond substituents is 1. The summed E-state index contributed by atoms with van der Waals surface area (Å²) in [5.41, 5.74) is 0.940. The maximum Gasteiger partial charge on any atom is 0.333 e. The molecule has 0 aromatic heterocycles. The Hall–Kier alpha value is -2.49. The highest BCUT2D eigenvalue weighted by atomic mass is 16.4. The largest absolute Gasteiger partial charge is 0.508 e. The van der Waals surface area contributed by atoms with Crippen LogP contribution in [0.25, 0.3) is 0 Å². The van der Waals surface area contributed by atoms with E-state index in [4.69, 9.17) is 0 Å². The number of carboxylic acid groups (broad SMARTS) is 1. The Bertz CT molecular complexity index is 639. The molecule has 0 aliphatic carbocycles. The molecule has 0 heterocycles. The Morgan fingerprint density at radius 2 is 1.85 bits per heavy atom. The first-order valence-electron chi connectivity index (χ1n) is 6.29. The Morgan fingerprint density at radius 3 is 2.45 bits per heavy atom. The Labute approximate surface area is 117 Å². The molecule has 0 radical (unpaired) electrons. The van der Waals surface area contributed by atoms with E-state index in [1.54, 1.807) is 19.1 Å². The molecular formula is C16H17NO3. The maximum absolute atomic E-state index is 11.7. The number of nitrogens with one attached hydrogen (secondary N) is 1. The highest BCUT2D eigenvalue weighted by molar-refractivity contribution is 5.84. The molecule has 0 saturated heterocycles. The monoisotopic (exact) mass is 271 g/mol. The van der Waals surface area contributed by atoms with Crippen molar-refractivity contribution in [3.05, 3.63) is 59.7 Å². The first-order valence-corrected chi connectivity index (χ1v) is 6.29. The summed E-state index contributed by atoms with van der Waals surface area (Å²) in [6.07, 6.45) is 0. The summed E-state index contributed by atoms with van der Waals surface area (Å²) in [7, 11) is 0. The van der Waals surface area contributed by atoms with E-state index in [0.717, 1.165) is 11.3 Å². The number of aromatic hydroxyl groups is 1. The van der Waals surface area contributed by atoms with Crippen molar-refractivity contribution in [3.63, 3.8) is 0 Å². The second kappa shape index (κ2) is 5.25. The summed E-state index contributed by atoms with van der Waals surface area (Å²) in [5.74, 6) is -0.967. The van der Waals surface area contributed by atoms with Gasteiger partial charge in [0.1, 0.15) is 5.75 Å². The van der Waals surface area contributed by atoms with Crippen molar-refractivity contribution in [2.45, 2.75) is 19.4 Å². The maximum atomic E-state index is 11.7. The lowest BCUT2D eigenvalue weighted by molar-refractivity contribution is -0.142. The van der Waals surface area contributed by atoms with Crippen LogP contribution in [0.5, 0.6) is 5.75 Å². The lowest BCUT2D eigenvalue weighted by Gasteiger charge is -2.28. The molecule has 0 spiro atoms. The molecule has 1 atom stereocenters. The van der Waals surface area contributed by atoms with Gasteiger partial charge in [0, 0.05) is 5.69 Å². The molecule has 0 saturated carbocycles. The Balaban J connectivity index is 2.42. The van der Waals surface area contributed by atoms with Gasteiger partial charge in [0.05, 0.1) is 0 Å². The molecule has 0 aliphatic heterocycles. The highest BCUT2D eigenvalue weighted by Gasteiger charge is 2.35. The highest BCUT2D eigenvalue weighted by Crippen LogP contribution is 2.29. The van der Waals surface area contributed by atoms with Crippen LogP contribution >= 0.6 is 0 Å². The fraction of sp³-hybridized carbons (Fsp3) is 0.188. The van der Waals surface area contributed by atoms with E-state index in [0.29, 0.717) is 5.56 Å². The second-order valence-electron chi connectivity index (χ2n) is 4.97. The fourth-order valence-corrected chi connectivity index (χ4v) is 2.08. The van der Waals surface area contributed by atoms with Gasteiger partial charge in [-0.15, -0.1) is 0 Å². The molecule has 2 aromatic rings. The minimum Gasteiger partial charge on any atom is -0.508 e. The van der Waals surface area contributed by atoms with Gasteiger partial charge in [0.15, 0.2) is 5.54 Å². The van der Waals surface area contributed by atoms with Crippen LogP contribution in [0.4, 0.5) is 5.69 Å². The molecule has 0 bridgehead atoms. The third-order valence-electron chi connectivity index (χ3n) is 3.26. The molecule has 0 aliphatic rings. The summed E-state index contributed by atoms with van der Waals surface area (Å²) < 4.78 is 0. The van der Waals surface area contributed by atoms with Crippen molar-refractivity contribution in [3.8, 4) is 5.75 Å². The van der Waals surface area contributed by atoms with Crippen LogP contribution in [0, 0.1) is 6.92 Å². The summed E-state index contributed by atoms with van der Waals surface area (Å²) in [6, 6.07) is 13.8. The van der Waals surface area contributed by atoms with Gasteiger partial charge in [-0.3, -0.25) is 0 Å². The van der Waals surface area contributed by atoms with Gasteiger partial charge in [0.25, 0.3) is 0 Å². The molecule has 4 heteroatoms. The number of hydrogen-bond donors (Lipinski definition) is 3. The van der Waals surface area contributed by atoms with Crippen molar-refractivity contribution in [2.24, 2.45) is 0 Å². The van der Waals surface area contributed by atoms with Crippen LogP contribution in [0.1, 0.15) is 18.1 Å². The zero-order chi connectivity index (χ0) is 14.8. The van der Waals surface area contributed by atoms with E-state index < -0.39 is 11.5 Å². The van der Waals surface area contributed by atoms with Gasteiger partial charge in [0.2, 0.25) is 0 Å². The van der Waals surface area contributed by atoms with Crippen molar-refractivity contribution in [1.29, 1.82) is 0 Å². The predicted molar refractivity (Wildman–Crippen MR) is 77.9 cm³/mol. The smallest absolute Gasteiger partial charge is 0.333 e. The summed E-state index contributed by atoms with van der Waals surface area (Å²) >= 11 is 0. The molecule has 0 amide bonds. The molecule has 2 aromatic carbocycles. The van der Waals surface area contributed by atoms with Gasteiger partial charge in [-0.2, -0.15) is 0 Å². The number of benzene rings is 2. The van der Waals surface area contributed by atoms with Crippen molar-refractivity contribution in [1.82, 2.24) is 0 Å². The molecule has 20 heavy (non-hydrogen) atoms. The third kappa shape index (κ3) is 2.74. The minimum atomic E-state index is -1.31. The molecule has 2 rings (SSSR count). The van der Waals surface area contributed by atoms with Crippen LogP contribution in [0.2, 0.25) is 0 Å². The quantitative estimate of drug-likeness (QED) is 0.799. The average Bonchev–Trinajstić information content (AvgIpc) is 2.38. The number of hydrogen-bond acceptors (Lipinski definition) is 3. The molecule has 0 fully saturated rings. The van der Waals surface area contributed by atoms with Gasteiger partial charge in [-0.1, -0.05) is 24.3 Å². The molecule has 1 unspecified atom stereocenters. The minimum absolute atomic E-state index is 0.0426. The summed E-state index contributed by atoms with van der Waals surface area (Å²) in [5, 5.41) is 22.1. The molecule has 104 valence electrons. The first-order chi connectivity index (χ1) is 9.41. The lowest BCUT2D eigenvalue weighted by atomic mass is 9.91. The normalized spacial score (nSPS) is 13.5.